The minimum Gasteiger partial charge on any atom is -0.462 e. The lowest BCUT2D eigenvalue weighted by Crippen LogP contribution is -2.30. The first-order chi connectivity index (χ1) is 32.9. The van der Waals surface area contributed by atoms with Crippen molar-refractivity contribution >= 4 is 17.9 Å². The zero-order valence-corrected chi connectivity index (χ0v) is 45.9. The van der Waals surface area contributed by atoms with E-state index in [0.717, 1.165) is 63.7 Å². The number of hydrogen-bond donors (Lipinski definition) is 0. The first-order valence-electron chi connectivity index (χ1n) is 30.4. The van der Waals surface area contributed by atoms with Crippen LogP contribution in [0.3, 0.4) is 0 Å². The van der Waals surface area contributed by atoms with E-state index in [1.165, 1.54) is 244 Å². The second kappa shape index (κ2) is 55.3. The normalized spacial score (nSPS) is 12.0. The van der Waals surface area contributed by atoms with Crippen molar-refractivity contribution < 1.29 is 28.6 Å². The summed E-state index contributed by atoms with van der Waals surface area (Å²) in [7, 11) is 0. The highest BCUT2D eigenvalue weighted by atomic mass is 16.6. The van der Waals surface area contributed by atoms with Gasteiger partial charge in [-0.1, -0.05) is 310 Å². The molecule has 0 aromatic carbocycles. The molecular formula is C61H118O6. The first kappa shape index (κ1) is 65.4. The average Bonchev–Trinajstić information content (AvgIpc) is 3.31. The molecule has 1 atom stereocenters. The Morgan fingerprint density at radius 2 is 0.493 bits per heavy atom. The van der Waals surface area contributed by atoms with Crippen LogP contribution in [0.1, 0.15) is 349 Å². The molecule has 0 aliphatic rings. The van der Waals surface area contributed by atoms with Gasteiger partial charge in [-0.2, -0.15) is 0 Å². The number of hydrogen-bond acceptors (Lipinski definition) is 6. The topological polar surface area (TPSA) is 78.9 Å². The van der Waals surface area contributed by atoms with Crippen LogP contribution in [-0.4, -0.2) is 37.2 Å². The van der Waals surface area contributed by atoms with Crippen molar-refractivity contribution in [3.05, 3.63) is 0 Å². The van der Waals surface area contributed by atoms with E-state index in [1.54, 1.807) is 0 Å². The number of ether oxygens (including phenoxy) is 3. The lowest BCUT2D eigenvalue weighted by Gasteiger charge is -2.18. The van der Waals surface area contributed by atoms with Crippen molar-refractivity contribution in [3.8, 4) is 0 Å². The minimum absolute atomic E-state index is 0.0616. The highest BCUT2D eigenvalue weighted by molar-refractivity contribution is 5.71. The van der Waals surface area contributed by atoms with Gasteiger partial charge in [-0.25, -0.2) is 0 Å². The molecule has 67 heavy (non-hydrogen) atoms. The monoisotopic (exact) mass is 947 g/mol. The largest absolute Gasteiger partial charge is 0.462 e. The Kier molecular flexibility index (Phi) is 54.0. The van der Waals surface area contributed by atoms with Gasteiger partial charge in [-0.05, 0) is 25.2 Å². The molecule has 0 unspecified atom stereocenters. The van der Waals surface area contributed by atoms with Crippen LogP contribution in [0.2, 0.25) is 0 Å². The third-order valence-electron chi connectivity index (χ3n) is 14.0. The summed E-state index contributed by atoms with van der Waals surface area (Å²) < 4.78 is 16.9. The lowest BCUT2D eigenvalue weighted by molar-refractivity contribution is -0.167. The molecule has 0 radical (unpaired) electrons. The van der Waals surface area contributed by atoms with Crippen molar-refractivity contribution in [2.75, 3.05) is 13.2 Å². The SMILES string of the molecule is CCCCCCCCCCCCCCCCCCCCC(=O)O[C@H](COC(=O)CCCCCCCCCCCCCCCCCCC)COC(=O)CCCCCCCCCCCCCC(C)C. The van der Waals surface area contributed by atoms with E-state index in [2.05, 4.69) is 27.7 Å². The molecule has 0 N–H and O–H groups in total. The Morgan fingerprint density at radius 3 is 0.731 bits per heavy atom. The number of carbonyl (C=O) groups is 3. The molecule has 0 aliphatic heterocycles. The van der Waals surface area contributed by atoms with Gasteiger partial charge in [0.1, 0.15) is 13.2 Å². The van der Waals surface area contributed by atoms with Gasteiger partial charge >= 0.3 is 17.9 Å². The lowest BCUT2D eigenvalue weighted by atomic mass is 10.0. The molecular weight excluding hydrogens is 829 g/mol. The van der Waals surface area contributed by atoms with Crippen molar-refractivity contribution in [1.82, 2.24) is 0 Å². The molecule has 0 saturated heterocycles. The van der Waals surface area contributed by atoms with Crippen LogP contribution in [0.15, 0.2) is 0 Å². The summed E-state index contributed by atoms with van der Waals surface area (Å²) in [6, 6.07) is 0. The third-order valence-corrected chi connectivity index (χ3v) is 14.0. The molecule has 0 bridgehead atoms. The maximum absolute atomic E-state index is 12.9. The van der Waals surface area contributed by atoms with Gasteiger partial charge in [-0.15, -0.1) is 0 Å². The van der Waals surface area contributed by atoms with Crippen LogP contribution in [0.25, 0.3) is 0 Å². The van der Waals surface area contributed by atoms with Gasteiger partial charge in [0.25, 0.3) is 0 Å². The van der Waals surface area contributed by atoms with E-state index in [0.29, 0.717) is 19.3 Å². The summed E-state index contributed by atoms with van der Waals surface area (Å²) in [6.45, 7) is 9.07. The fourth-order valence-corrected chi connectivity index (χ4v) is 9.46. The molecule has 6 heteroatoms. The highest BCUT2D eigenvalue weighted by Crippen LogP contribution is 2.18. The van der Waals surface area contributed by atoms with E-state index >= 15 is 0 Å². The second-order valence-corrected chi connectivity index (χ2v) is 21.5. The molecule has 6 nitrogen and oxygen atoms in total. The van der Waals surface area contributed by atoms with Crippen LogP contribution < -0.4 is 0 Å². The van der Waals surface area contributed by atoms with Gasteiger partial charge in [0.05, 0.1) is 0 Å². The van der Waals surface area contributed by atoms with Crippen molar-refractivity contribution in [1.29, 1.82) is 0 Å². The summed E-state index contributed by atoms with van der Waals surface area (Å²) in [5.41, 5.74) is 0. The third kappa shape index (κ3) is 55.2. The maximum Gasteiger partial charge on any atom is 0.306 e. The van der Waals surface area contributed by atoms with Crippen LogP contribution in [0.4, 0.5) is 0 Å². The fraction of sp³-hybridized carbons (Fsp3) is 0.951. The molecule has 0 amide bonds. The van der Waals surface area contributed by atoms with Crippen molar-refractivity contribution in [3.63, 3.8) is 0 Å². The molecule has 0 saturated carbocycles. The zero-order valence-electron chi connectivity index (χ0n) is 45.9. The number of unbranched alkanes of at least 4 members (excludes halogenated alkanes) is 43. The maximum atomic E-state index is 12.9. The van der Waals surface area contributed by atoms with E-state index < -0.39 is 6.10 Å². The average molecular weight is 948 g/mol. The van der Waals surface area contributed by atoms with Crippen molar-refractivity contribution in [2.45, 2.75) is 355 Å². The summed E-state index contributed by atoms with van der Waals surface area (Å²) in [5.74, 6) is -0.00533. The second-order valence-electron chi connectivity index (χ2n) is 21.5. The standard InChI is InChI=1S/C61H118O6/c1-5-7-9-11-13-15-17-19-21-23-25-27-29-33-38-42-46-50-54-61(64)67-58(56-66-60(63)53-49-45-41-37-34-30-31-35-39-43-47-51-57(3)4)55-65-59(62)52-48-44-40-36-32-28-26-24-22-20-18-16-14-12-10-8-6-2/h57-58H,5-56H2,1-4H3/t58-/m1/s1. The molecule has 0 aliphatic carbocycles. The van der Waals surface area contributed by atoms with E-state index in [1.807, 2.05) is 0 Å². The molecule has 0 spiro atoms. The van der Waals surface area contributed by atoms with Gasteiger partial charge in [0.15, 0.2) is 6.10 Å². The molecule has 0 aromatic rings. The van der Waals surface area contributed by atoms with E-state index in [-0.39, 0.29) is 31.1 Å². The Balaban J connectivity index is 4.28. The molecule has 0 aromatic heterocycles. The molecule has 0 heterocycles. The fourth-order valence-electron chi connectivity index (χ4n) is 9.46. The summed E-state index contributed by atoms with van der Waals surface area (Å²) in [4.78, 5) is 38.2. The Bertz CT molecular complexity index is 1010. The van der Waals surface area contributed by atoms with E-state index in [9.17, 15) is 14.4 Å². The predicted molar refractivity (Wildman–Crippen MR) is 289 cm³/mol. The van der Waals surface area contributed by atoms with Gasteiger partial charge in [-0.3, -0.25) is 14.4 Å². The first-order valence-corrected chi connectivity index (χ1v) is 30.4. The zero-order chi connectivity index (χ0) is 48.8. The smallest absolute Gasteiger partial charge is 0.306 e. The van der Waals surface area contributed by atoms with Crippen molar-refractivity contribution in [2.24, 2.45) is 5.92 Å². The Labute approximate surface area is 418 Å². The molecule has 0 fully saturated rings. The summed E-state index contributed by atoms with van der Waals surface area (Å²) in [6.07, 6.45) is 61.0. The number of rotatable bonds is 56. The van der Waals surface area contributed by atoms with Crippen LogP contribution in [0, 0.1) is 5.92 Å². The Morgan fingerprint density at radius 1 is 0.284 bits per heavy atom. The molecule has 0 rings (SSSR count). The van der Waals surface area contributed by atoms with Gasteiger partial charge < -0.3 is 14.2 Å². The number of carbonyl (C=O) groups excluding carboxylic acids is 3. The summed E-state index contributed by atoms with van der Waals surface area (Å²) in [5, 5.41) is 0. The van der Waals surface area contributed by atoms with Crippen LogP contribution >= 0.6 is 0 Å². The predicted octanol–water partition coefficient (Wildman–Crippen LogP) is 20.2. The van der Waals surface area contributed by atoms with Gasteiger partial charge in [0.2, 0.25) is 0 Å². The molecule has 398 valence electrons. The number of esters is 3. The van der Waals surface area contributed by atoms with Crippen LogP contribution in [-0.2, 0) is 28.6 Å². The highest BCUT2D eigenvalue weighted by Gasteiger charge is 2.19. The minimum atomic E-state index is -0.762. The quantitative estimate of drug-likeness (QED) is 0.0343. The van der Waals surface area contributed by atoms with E-state index in [4.69, 9.17) is 14.2 Å². The Hall–Kier alpha value is -1.59. The van der Waals surface area contributed by atoms with Crippen LogP contribution in [0.5, 0.6) is 0 Å². The van der Waals surface area contributed by atoms with Gasteiger partial charge in [0, 0.05) is 19.3 Å². The summed E-state index contributed by atoms with van der Waals surface area (Å²) >= 11 is 0.